The highest BCUT2D eigenvalue weighted by Gasteiger charge is 2.20. The predicted octanol–water partition coefficient (Wildman–Crippen LogP) is 2.28. The zero-order valence-electron chi connectivity index (χ0n) is 9.31. The molecule has 0 aliphatic heterocycles. The molecular weight excluding hydrogens is 280 g/mol. The molecule has 2 aromatic heterocycles. The van der Waals surface area contributed by atoms with Crippen molar-refractivity contribution in [1.29, 1.82) is 0 Å². The second kappa shape index (κ2) is 4.58. The third-order valence-electron chi connectivity index (χ3n) is 2.75. The molecule has 17 heavy (non-hydrogen) atoms. The van der Waals surface area contributed by atoms with Crippen molar-refractivity contribution in [3.05, 3.63) is 40.8 Å². The zero-order valence-corrected chi connectivity index (χ0v) is 10.9. The van der Waals surface area contributed by atoms with Crippen LogP contribution in [0.5, 0.6) is 0 Å². The molecule has 4 nitrogen and oxygen atoms in total. The Morgan fingerprint density at radius 2 is 2.24 bits per heavy atom. The van der Waals surface area contributed by atoms with Crippen LogP contribution in [0.2, 0.25) is 0 Å². The minimum absolute atomic E-state index is 0.726. The molecule has 88 valence electrons. The van der Waals surface area contributed by atoms with Crippen molar-refractivity contribution in [3.8, 4) is 5.82 Å². The molecule has 1 N–H and O–H groups in total. The number of hydrogen-bond acceptors (Lipinski definition) is 3. The quantitative estimate of drug-likeness (QED) is 0.940. The summed E-state index contributed by atoms with van der Waals surface area (Å²) < 4.78 is 2.78. The van der Waals surface area contributed by atoms with Crippen LogP contribution in [0.25, 0.3) is 5.82 Å². The van der Waals surface area contributed by atoms with Crippen LogP contribution >= 0.6 is 15.9 Å². The van der Waals surface area contributed by atoms with Gasteiger partial charge < -0.3 is 5.32 Å². The normalized spacial score (nSPS) is 15.1. The van der Waals surface area contributed by atoms with Gasteiger partial charge in [0.1, 0.15) is 0 Å². The first-order chi connectivity index (χ1) is 8.31. The first-order valence-electron chi connectivity index (χ1n) is 5.70. The van der Waals surface area contributed by atoms with E-state index in [4.69, 9.17) is 0 Å². The molecule has 5 heteroatoms. The van der Waals surface area contributed by atoms with Gasteiger partial charge in [-0.25, -0.2) is 9.67 Å². The van der Waals surface area contributed by atoms with Crippen LogP contribution in [-0.2, 0) is 6.54 Å². The van der Waals surface area contributed by atoms with Crippen LogP contribution in [0.15, 0.2) is 35.2 Å². The Hall–Kier alpha value is -1.20. The lowest BCUT2D eigenvalue weighted by Crippen LogP contribution is -2.14. The summed E-state index contributed by atoms with van der Waals surface area (Å²) in [6, 6.07) is 4.63. The Balaban J connectivity index is 1.72. The summed E-state index contributed by atoms with van der Waals surface area (Å²) in [7, 11) is 0. The molecule has 2 aromatic rings. The highest BCUT2D eigenvalue weighted by Crippen LogP contribution is 2.19. The number of nitrogens with zero attached hydrogens (tertiary/aromatic N) is 3. The Morgan fingerprint density at radius 3 is 2.94 bits per heavy atom. The van der Waals surface area contributed by atoms with Crippen molar-refractivity contribution >= 4 is 15.9 Å². The van der Waals surface area contributed by atoms with Gasteiger partial charge in [-0.1, -0.05) is 0 Å². The average molecular weight is 293 g/mol. The fourth-order valence-electron chi connectivity index (χ4n) is 1.63. The number of nitrogens with one attached hydrogen (secondary N) is 1. The van der Waals surface area contributed by atoms with Gasteiger partial charge in [0.05, 0.1) is 6.20 Å². The lowest BCUT2D eigenvalue weighted by Gasteiger charge is -2.00. The Morgan fingerprint density at radius 1 is 1.35 bits per heavy atom. The first-order valence-corrected chi connectivity index (χ1v) is 6.49. The van der Waals surface area contributed by atoms with Gasteiger partial charge in [0, 0.05) is 35.0 Å². The van der Waals surface area contributed by atoms with E-state index in [1.807, 2.05) is 24.5 Å². The summed E-state index contributed by atoms with van der Waals surface area (Å²) in [5.41, 5.74) is 1.20. The van der Waals surface area contributed by atoms with Crippen LogP contribution in [-0.4, -0.2) is 20.8 Å². The summed E-state index contributed by atoms with van der Waals surface area (Å²) in [5, 5.41) is 7.78. The SMILES string of the molecule is Brc1ccc(-n2cc(CNC3CC3)cn2)nc1. The number of pyridine rings is 1. The molecule has 0 bridgehead atoms. The summed E-state index contributed by atoms with van der Waals surface area (Å²) in [4.78, 5) is 4.30. The van der Waals surface area contributed by atoms with Crippen LogP contribution in [0.1, 0.15) is 18.4 Å². The molecular formula is C12H13BrN4. The third-order valence-corrected chi connectivity index (χ3v) is 3.22. The minimum atomic E-state index is 0.726. The predicted molar refractivity (Wildman–Crippen MR) is 68.9 cm³/mol. The molecule has 0 saturated heterocycles. The van der Waals surface area contributed by atoms with Crippen molar-refractivity contribution in [2.24, 2.45) is 0 Å². The second-order valence-corrected chi connectivity index (χ2v) is 5.20. The molecule has 0 atom stereocenters. The van der Waals surface area contributed by atoms with E-state index in [2.05, 4.69) is 31.3 Å². The van der Waals surface area contributed by atoms with E-state index in [9.17, 15) is 0 Å². The maximum Gasteiger partial charge on any atom is 0.153 e. The third kappa shape index (κ3) is 2.73. The average Bonchev–Trinajstić information content (AvgIpc) is 3.06. The van der Waals surface area contributed by atoms with Gasteiger partial charge in [-0.3, -0.25) is 0 Å². The summed E-state index contributed by atoms with van der Waals surface area (Å²) in [5.74, 6) is 0.839. The van der Waals surface area contributed by atoms with Gasteiger partial charge in [0.25, 0.3) is 0 Å². The highest BCUT2D eigenvalue weighted by atomic mass is 79.9. The van der Waals surface area contributed by atoms with E-state index >= 15 is 0 Å². The Kier molecular flexibility index (Phi) is 2.94. The van der Waals surface area contributed by atoms with E-state index in [1.165, 1.54) is 18.4 Å². The smallest absolute Gasteiger partial charge is 0.153 e. The monoisotopic (exact) mass is 292 g/mol. The maximum atomic E-state index is 4.31. The summed E-state index contributed by atoms with van der Waals surface area (Å²) in [6.45, 7) is 0.890. The number of rotatable bonds is 4. The van der Waals surface area contributed by atoms with E-state index in [-0.39, 0.29) is 0 Å². The van der Waals surface area contributed by atoms with Crippen LogP contribution in [0.4, 0.5) is 0 Å². The molecule has 1 aliphatic rings. The van der Waals surface area contributed by atoms with Crippen LogP contribution in [0.3, 0.4) is 0 Å². The van der Waals surface area contributed by atoms with E-state index in [1.54, 1.807) is 10.9 Å². The van der Waals surface area contributed by atoms with Crippen LogP contribution < -0.4 is 5.32 Å². The summed E-state index contributed by atoms with van der Waals surface area (Å²) in [6.07, 6.45) is 8.30. The summed E-state index contributed by atoms with van der Waals surface area (Å²) >= 11 is 3.37. The molecule has 3 rings (SSSR count). The molecule has 0 amide bonds. The maximum absolute atomic E-state index is 4.31. The molecule has 1 saturated carbocycles. The number of hydrogen-bond donors (Lipinski definition) is 1. The van der Waals surface area contributed by atoms with Crippen molar-refractivity contribution in [2.45, 2.75) is 25.4 Å². The lowest BCUT2D eigenvalue weighted by atomic mass is 10.3. The molecule has 1 fully saturated rings. The molecule has 0 spiro atoms. The Bertz CT molecular complexity index is 501. The van der Waals surface area contributed by atoms with Gasteiger partial charge in [0.15, 0.2) is 5.82 Å². The van der Waals surface area contributed by atoms with E-state index in [0.29, 0.717) is 0 Å². The van der Waals surface area contributed by atoms with Gasteiger partial charge in [-0.05, 0) is 40.9 Å². The Labute approximate surface area is 108 Å². The largest absolute Gasteiger partial charge is 0.310 e. The van der Waals surface area contributed by atoms with Gasteiger partial charge in [0.2, 0.25) is 0 Å². The van der Waals surface area contributed by atoms with Gasteiger partial charge in [-0.15, -0.1) is 0 Å². The molecule has 0 radical (unpaired) electrons. The van der Waals surface area contributed by atoms with Crippen molar-refractivity contribution < 1.29 is 0 Å². The van der Waals surface area contributed by atoms with Gasteiger partial charge in [-0.2, -0.15) is 5.10 Å². The number of halogens is 1. The number of aromatic nitrogens is 3. The molecule has 0 unspecified atom stereocenters. The van der Waals surface area contributed by atoms with Crippen molar-refractivity contribution in [3.63, 3.8) is 0 Å². The van der Waals surface area contributed by atoms with E-state index in [0.717, 1.165) is 22.9 Å². The van der Waals surface area contributed by atoms with Crippen LogP contribution in [0, 0.1) is 0 Å². The van der Waals surface area contributed by atoms with Crippen molar-refractivity contribution in [2.75, 3.05) is 0 Å². The fraction of sp³-hybridized carbons (Fsp3) is 0.333. The standard InChI is InChI=1S/C12H13BrN4/c13-10-1-4-12(15-7-10)17-8-9(6-16-17)5-14-11-2-3-11/h1,4,6-8,11,14H,2-3,5H2. The highest BCUT2D eigenvalue weighted by molar-refractivity contribution is 9.10. The zero-order chi connectivity index (χ0) is 11.7. The second-order valence-electron chi connectivity index (χ2n) is 4.28. The molecule has 0 aromatic carbocycles. The fourth-order valence-corrected chi connectivity index (χ4v) is 1.86. The lowest BCUT2D eigenvalue weighted by molar-refractivity contribution is 0.687. The van der Waals surface area contributed by atoms with E-state index < -0.39 is 0 Å². The van der Waals surface area contributed by atoms with Gasteiger partial charge >= 0.3 is 0 Å². The van der Waals surface area contributed by atoms with Crippen molar-refractivity contribution in [1.82, 2.24) is 20.1 Å². The topological polar surface area (TPSA) is 42.7 Å². The molecule has 1 aliphatic carbocycles. The minimum Gasteiger partial charge on any atom is -0.310 e. The first kappa shape index (κ1) is 10.9. The molecule has 2 heterocycles.